The maximum atomic E-state index is 6.59. The van der Waals surface area contributed by atoms with E-state index in [1.165, 1.54) is 10.6 Å². The fourth-order valence-corrected chi connectivity index (χ4v) is 6.17. The Morgan fingerprint density at radius 3 is 2.51 bits per heavy atom. The summed E-state index contributed by atoms with van der Waals surface area (Å²) in [6.45, 7) is 10.7. The summed E-state index contributed by atoms with van der Waals surface area (Å²) >= 11 is 8.32. The number of H-pyrrole nitrogens is 1. The number of aromatic amines is 1. The molecule has 0 aliphatic carbocycles. The molecule has 0 bridgehead atoms. The van der Waals surface area contributed by atoms with Gasteiger partial charge in [0.25, 0.3) is 0 Å². The number of fused-ring (bicyclic) bond motifs is 1. The highest BCUT2D eigenvalue weighted by molar-refractivity contribution is 7.09. The van der Waals surface area contributed by atoms with Crippen LogP contribution in [-0.4, -0.2) is 81.6 Å². The standard InChI is InChI=1S/C27H33ClN8S/c1-2-34-9-7-20(8-10-34)31-24-23(28)16-30-27-25(24)32-26(33-27)19-3-5-21(6-4-19)36-13-11-35(12-14-36)17-22-15-29-18-37-22/h3-6,15-16,18,20H,2,7-14,17H2,1H3,(H2,30,31,32,33). The van der Waals surface area contributed by atoms with Gasteiger partial charge in [0.15, 0.2) is 5.65 Å². The maximum absolute atomic E-state index is 6.59. The normalized spacial score (nSPS) is 18.1. The molecule has 194 valence electrons. The van der Waals surface area contributed by atoms with Gasteiger partial charge in [0.05, 0.1) is 22.4 Å². The average molecular weight is 537 g/mol. The number of piperidine rings is 1. The molecule has 2 fully saturated rings. The van der Waals surface area contributed by atoms with Crippen molar-refractivity contribution in [3.8, 4) is 11.4 Å². The molecule has 4 aromatic rings. The van der Waals surface area contributed by atoms with Gasteiger partial charge in [0, 0.05) is 74.2 Å². The van der Waals surface area contributed by atoms with Crippen molar-refractivity contribution in [1.29, 1.82) is 0 Å². The number of anilines is 2. The molecule has 0 amide bonds. The van der Waals surface area contributed by atoms with E-state index in [4.69, 9.17) is 16.6 Å². The minimum Gasteiger partial charge on any atom is -0.379 e. The van der Waals surface area contributed by atoms with Gasteiger partial charge in [-0.1, -0.05) is 18.5 Å². The van der Waals surface area contributed by atoms with Crippen molar-refractivity contribution in [2.24, 2.45) is 0 Å². The van der Waals surface area contributed by atoms with Crippen LogP contribution < -0.4 is 10.2 Å². The maximum Gasteiger partial charge on any atom is 0.159 e. The second kappa shape index (κ2) is 10.9. The minimum atomic E-state index is 0.396. The second-order valence-electron chi connectivity index (χ2n) is 9.89. The number of pyridine rings is 1. The SMILES string of the molecule is CCN1CCC(Nc2c(Cl)cnc3[nH]c(-c4ccc(N5CCN(Cc6cncs6)CC5)cc4)nc23)CC1. The van der Waals surface area contributed by atoms with Gasteiger partial charge in [-0.05, 0) is 43.7 Å². The Balaban J connectivity index is 1.13. The van der Waals surface area contributed by atoms with Crippen molar-refractivity contribution in [2.75, 3.05) is 56.0 Å². The van der Waals surface area contributed by atoms with Crippen molar-refractivity contribution in [3.63, 3.8) is 0 Å². The van der Waals surface area contributed by atoms with Crippen molar-refractivity contribution in [3.05, 3.63) is 52.1 Å². The molecule has 0 spiro atoms. The minimum absolute atomic E-state index is 0.396. The molecule has 37 heavy (non-hydrogen) atoms. The van der Waals surface area contributed by atoms with Gasteiger partial charge in [0.2, 0.25) is 0 Å². The van der Waals surface area contributed by atoms with Crippen LogP contribution in [0.25, 0.3) is 22.6 Å². The first-order valence-electron chi connectivity index (χ1n) is 13.1. The number of halogens is 1. The first-order chi connectivity index (χ1) is 18.2. The first kappa shape index (κ1) is 24.6. The van der Waals surface area contributed by atoms with Crippen LogP contribution in [0, 0.1) is 0 Å². The van der Waals surface area contributed by atoms with Crippen LogP contribution in [0.15, 0.2) is 42.2 Å². The molecule has 2 aliphatic heterocycles. The zero-order chi connectivity index (χ0) is 25.2. The molecule has 0 unspecified atom stereocenters. The first-order valence-corrected chi connectivity index (χ1v) is 14.4. The summed E-state index contributed by atoms with van der Waals surface area (Å²) in [5, 5.41) is 4.30. The number of likely N-dealkylation sites (tertiary alicyclic amines) is 1. The molecule has 10 heteroatoms. The van der Waals surface area contributed by atoms with Gasteiger partial charge in [-0.3, -0.25) is 9.88 Å². The van der Waals surface area contributed by atoms with Crippen molar-refractivity contribution in [1.82, 2.24) is 29.7 Å². The number of aromatic nitrogens is 4. The largest absolute Gasteiger partial charge is 0.379 e. The summed E-state index contributed by atoms with van der Waals surface area (Å²) in [5.74, 6) is 0.814. The van der Waals surface area contributed by atoms with Crippen LogP contribution in [-0.2, 0) is 6.54 Å². The summed E-state index contributed by atoms with van der Waals surface area (Å²) in [5.41, 5.74) is 6.66. The summed E-state index contributed by atoms with van der Waals surface area (Å²) in [6.07, 6.45) is 5.90. The lowest BCUT2D eigenvalue weighted by atomic mass is 10.0. The number of imidazole rings is 1. The number of hydrogen-bond donors (Lipinski definition) is 2. The third kappa shape index (κ3) is 5.45. The molecule has 8 nitrogen and oxygen atoms in total. The lowest BCUT2D eigenvalue weighted by Crippen LogP contribution is -2.45. The van der Waals surface area contributed by atoms with E-state index in [-0.39, 0.29) is 0 Å². The number of benzene rings is 1. The fraction of sp³-hybridized carbons (Fsp3) is 0.444. The summed E-state index contributed by atoms with van der Waals surface area (Å²) in [4.78, 5) is 25.8. The number of piperazine rings is 1. The predicted octanol–water partition coefficient (Wildman–Crippen LogP) is 4.95. The Morgan fingerprint density at radius 2 is 1.81 bits per heavy atom. The van der Waals surface area contributed by atoms with Crippen LogP contribution >= 0.6 is 22.9 Å². The molecule has 0 saturated carbocycles. The third-order valence-electron chi connectivity index (χ3n) is 7.59. The van der Waals surface area contributed by atoms with Crippen molar-refractivity contribution < 1.29 is 0 Å². The van der Waals surface area contributed by atoms with Crippen LogP contribution in [0.1, 0.15) is 24.6 Å². The van der Waals surface area contributed by atoms with E-state index in [0.717, 1.165) is 93.4 Å². The highest BCUT2D eigenvalue weighted by Crippen LogP contribution is 2.32. The van der Waals surface area contributed by atoms with E-state index in [1.54, 1.807) is 17.5 Å². The number of rotatable bonds is 7. The van der Waals surface area contributed by atoms with E-state index < -0.39 is 0 Å². The molecule has 2 aliphatic rings. The molecule has 2 N–H and O–H groups in total. The second-order valence-corrected chi connectivity index (χ2v) is 11.3. The molecule has 0 atom stereocenters. The van der Waals surface area contributed by atoms with E-state index in [9.17, 15) is 0 Å². The highest BCUT2D eigenvalue weighted by Gasteiger charge is 2.22. The Hall–Kier alpha value is -2.72. The van der Waals surface area contributed by atoms with E-state index >= 15 is 0 Å². The average Bonchev–Trinajstić information content (AvgIpc) is 3.62. The molecular formula is C27H33ClN8S. The predicted molar refractivity (Wildman–Crippen MR) is 153 cm³/mol. The number of nitrogens with zero attached hydrogens (tertiary/aromatic N) is 6. The van der Waals surface area contributed by atoms with E-state index in [1.807, 2.05) is 11.7 Å². The number of hydrogen-bond acceptors (Lipinski definition) is 8. The number of nitrogens with one attached hydrogen (secondary N) is 2. The Labute approximate surface area is 226 Å². The van der Waals surface area contributed by atoms with Gasteiger partial charge in [-0.2, -0.15) is 0 Å². The fourth-order valence-electron chi connectivity index (χ4n) is 5.34. The lowest BCUT2D eigenvalue weighted by Gasteiger charge is -2.35. The molecular weight excluding hydrogens is 504 g/mol. The Kier molecular flexibility index (Phi) is 7.28. The molecule has 1 aromatic carbocycles. The van der Waals surface area contributed by atoms with Gasteiger partial charge in [-0.25, -0.2) is 9.97 Å². The molecule has 6 rings (SSSR count). The topological polar surface area (TPSA) is 76.2 Å². The van der Waals surface area contributed by atoms with Crippen LogP contribution in [0.5, 0.6) is 0 Å². The summed E-state index contributed by atoms with van der Waals surface area (Å²) in [7, 11) is 0. The van der Waals surface area contributed by atoms with Crippen LogP contribution in [0.2, 0.25) is 5.02 Å². The number of thiazole rings is 1. The van der Waals surface area contributed by atoms with Gasteiger partial charge >= 0.3 is 0 Å². The summed E-state index contributed by atoms with van der Waals surface area (Å²) < 4.78 is 0. The molecule has 2 saturated heterocycles. The van der Waals surface area contributed by atoms with Crippen molar-refractivity contribution in [2.45, 2.75) is 32.4 Å². The Morgan fingerprint density at radius 1 is 1.03 bits per heavy atom. The zero-order valence-corrected chi connectivity index (χ0v) is 22.7. The van der Waals surface area contributed by atoms with Crippen molar-refractivity contribution >= 4 is 45.5 Å². The van der Waals surface area contributed by atoms with Crippen LogP contribution in [0.4, 0.5) is 11.4 Å². The van der Waals surface area contributed by atoms with Crippen LogP contribution in [0.3, 0.4) is 0 Å². The summed E-state index contributed by atoms with van der Waals surface area (Å²) in [6, 6.07) is 9.08. The molecule has 0 radical (unpaired) electrons. The monoisotopic (exact) mass is 536 g/mol. The van der Waals surface area contributed by atoms with Gasteiger partial charge < -0.3 is 20.1 Å². The smallest absolute Gasteiger partial charge is 0.159 e. The third-order valence-corrected chi connectivity index (χ3v) is 8.64. The molecule has 3 aromatic heterocycles. The zero-order valence-electron chi connectivity index (χ0n) is 21.2. The van der Waals surface area contributed by atoms with Gasteiger partial charge in [0.1, 0.15) is 11.3 Å². The quantitative estimate of drug-likeness (QED) is 0.346. The molecule has 5 heterocycles. The van der Waals surface area contributed by atoms with E-state index in [0.29, 0.717) is 11.1 Å². The highest BCUT2D eigenvalue weighted by atomic mass is 35.5. The van der Waals surface area contributed by atoms with E-state index in [2.05, 4.69) is 66.2 Å². The van der Waals surface area contributed by atoms with Gasteiger partial charge in [-0.15, -0.1) is 11.3 Å². The Bertz CT molecular complexity index is 1310. The lowest BCUT2D eigenvalue weighted by molar-refractivity contribution is 0.229.